The molecule has 0 bridgehead atoms. The Morgan fingerprint density at radius 2 is 2.36 bits per heavy atom. The second-order valence-electron chi connectivity index (χ2n) is 7.37. The van der Waals surface area contributed by atoms with Crippen LogP contribution in [-0.4, -0.2) is 33.7 Å². The van der Waals surface area contributed by atoms with Crippen LogP contribution in [0.4, 0.5) is 0 Å². The maximum absolute atomic E-state index is 12.3. The molecule has 3 heterocycles. The monoisotopic (exact) mass is 341 g/mol. The Hall–Kier alpha value is -2.50. The highest BCUT2D eigenvalue weighted by molar-refractivity contribution is 5.78. The third kappa shape index (κ3) is 3.34. The highest BCUT2D eigenvalue weighted by Crippen LogP contribution is 2.41. The van der Waals surface area contributed by atoms with Crippen molar-refractivity contribution < 1.29 is 14.3 Å². The summed E-state index contributed by atoms with van der Waals surface area (Å²) in [6.45, 7) is 4.86. The van der Waals surface area contributed by atoms with Gasteiger partial charge in [0.1, 0.15) is 11.4 Å². The number of carbonyl (C=O) groups is 1. The molecular weight excluding hydrogens is 318 g/mol. The van der Waals surface area contributed by atoms with Gasteiger partial charge in [0.2, 0.25) is 0 Å². The van der Waals surface area contributed by atoms with Crippen molar-refractivity contribution in [3.63, 3.8) is 0 Å². The van der Waals surface area contributed by atoms with E-state index in [2.05, 4.69) is 28.7 Å². The van der Waals surface area contributed by atoms with Crippen molar-refractivity contribution in [2.45, 2.75) is 51.3 Å². The Morgan fingerprint density at radius 3 is 3.24 bits per heavy atom. The lowest BCUT2D eigenvalue weighted by atomic mass is 10.0. The molecule has 1 aromatic heterocycles. The molecule has 4 rings (SSSR count). The number of fused-ring (bicyclic) bond motifs is 2. The van der Waals surface area contributed by atoms with Gasteiger partial charge in [-0.25, -0.2) is 4.98 Å². The van der Waals surface area contributed by atoms with Crippen LogP contribution in [-0.2, 0) is 24.2 Å². The van der Waals surface area contributed by atoms with E-state index in [0.29, 0.717) is 5.75 Å². The van der Waals surface area contributed by atoms with Crippen molar-refractivity contribution in [1.82, 2.24) is 14.9 Å². The van der Waals surface area contributed by atoms with Gasteiger partial charge in [0.15, 0.2) is 18.1 Å². The molecule has 2 aliphatic rings. The number of aromatic nitrogens is 2. The summed E-state index contributed by atoms with van der Waals surface area (Å²) in [7, 11) is 0. The van der Waals surface area contributed by atoms with E-state index in [0.717, 1.165) is 42.9 Å². The van der Waals surface area contributed by atoms with Crippen LogP contribution < -0.4 is 14.8 Å². The third-order valence-corrected chi connectivity index (χ3v) is 4.71. The molecule has 2 aromatic rings. The summed E-state index contributed by atoms with van der Waals surface area (Å²) in [6, 6.07) is 5.96. The van der Waals surface area contributed by atoms with Crippen LogP contribution in [0.2, 0.25) is 0 Å². The zero-order valence-corrected chi connectivity index (χ0v) is 14.6. The number of aryl methyl sites for hydroxylation is 1. The summed E-state index contributed by atoms with van der Waals surface area (Å²) >= 11 is 0. The normalized spacial score (nSPS) is 20.3. The number of imidazole rings is 1. The summed E-state index contributed by atoms with van der Waals surface area (Å²) in [6.07, 6.45) is 6.40. The number of rotatable bonds is 4. The molecule has 2 aliphatic heterocycles. The average molecular weight is 341 g/mol. The number of para-hydroxylation sites is 1. The minimum absolute atomic E-state index is 0.00642. The SMILES string of the molecule is CC1(C)Cc2cccc(OCC(=O)N[C@@H]3CCc4nccn4C3)c2O1. The summed E-state index contributed by atoms with van der Waals surface area (Å²) < 4.78 is 13.8. The first kappa shape index (κ1) is 16.0. The lowest BCUT2D eigenvalue weighted by Crippen LogP contribution is -2.42. The second-order valence-corrected chi connectivity index (χ2v) is 7.37. The van der Waals surface area contributed by atoms with E-state index >= 15 is 0 Å². The van der Waals surface area contributed by atoms with E-state index in [4.69, 9.17) is 9.47 Å². The third-order valence-electron chi connectivity index (χ3n) is 4.71. The summed E-state index contributed by atoms with van der Waals surface area (Å²) in [5.74, 6) is 2.38. The van der Waals surface area contributed by atoms with Crippen molar-refractivity contribution in [3.05, 3.63) is 42.0 Å². The van der Waals surface area contributed by atoms with Crippen LogP contribution in [0.15, 0.2) is 30.6 Å². The molecule has 0 saturated heterocycles. The largest absolute Gasteiger partial charge is 0.483 e. The van der Waals surface area contributed by atoms with Gasteiger partial charge in [-0.2, -0.15) is 0 Å². The van der Waals surface area contributed by atoms with Crippen molar-refractivity contribution in [2.24, 2.45) is 0 Å². The molecule has 1 amide bonds. The van der Waals surface area contributed by atoms with Crippen LogP contribution in [0, 0.1) is 0 Å². The molecule has 1 aromatic carbocycles. The predicted molar refractivity (Wildman–Crippen MR) is 92.8 cm³/mol. The number of carbonyl (C=O) groups excluding carboxylic acids is 1. The Balaban J connectivity index is 1.34. The fourth-order valence-electron chi connectivity index (χ4n) is 3.60. The first-order chi connectivity index (χ1) is 12.0. The fourth-order valence-corrected chi connectivity index (χ4v) is 3.60. The quantitative estimate of drug-likeness (QED) is 0.925. The van der Waals surface area contributed by atoms with Gasteiger partial charge in [0, 0.05) is 43.4 Å². The minimum atomic E-state index is -0.228. The number of amides is 1. The van der Waals surface area contributed by atoms with E-state index < -0.39 is 0 Å². The smallest absolute Gasteiger partial charge is 0.258 e. The van der Waals surface area contributed by atoms with Crippen LogP contribution >= 0.6 is 0 Å². The molecule has 6 nitrogen and oxygen atoms in total. The van der Waals surface area contributed by atoms with Gasteiger partial charge < -0.3 is 19.4 Å². The topological polar surface area (TPSA) is 65.4 Å². The van der Waals surface area contributed by atoms with Gasteiger partial charge in [-0.15, -0.1) is 0 Å². The molecule has 0 fully saturated rings. The molecule has 1 N–H and O–H groups in total. The lowest BCUT2D eigenvalue weighted by molar-refractivity contribution is -0.124. The van der Waals surface area contributed by atoms with E-state index in [1.165, 1.54) is 0 Å². The zero-order chi connectivity index (χ0) is 17.4. The Kier molecular flexibility index (Phi) is 3.90. The molecule has 0 radical (unpaired) electrons. The Morgan fingerprint density at radius 1 is 1.48 bits per heavy atom. The van der Waals surface area contributed by atoms with Crippen molar-refractivity contribution in [2.75, 3.05) is 6.61 Å². The van der Waals surface area contributed by atoms with Gasteiger partial charge in [-0.3, -0.25) is 4.79 Å². The van der Waals surface area contributed by atoms with Crippen LogP contribution in [0.1, 0.15) is 31.7 Å². The van der Waals surface area contributed by atoms with E-state index in [1.54, 1.807) is 6.20 Å². The van der Waals surface area contributed by atoms with E-state index in [-0.39, 0.29) is 24.2 Å². The summed E-state index contributed by atoms with van der Waals surface area (Å²) in [4.78, 5) is 16.6. The molecule has 25 heavy (non-hydrogen) atoms. The molecular formula is C19H23N3O3. The Bertz CT molecular complexity index is 797. The van der Waals surface area contributed by atoms with Crippen LogP contribution in [0.25, 0.3) is 0 Å². The van der Waals surface area contributed by atoms with Gasteiger partial charge in [0.25, 0.3) is 5.91 Å². The van der Waals surface area contributed by atoms with Gasteiger partial charge in [-0.05, 0) is 26.3 Å². The number of hydrogen-bond acceptors (Lipinski definition) is 4. The highest BCUT2D eigenvalue weighted by atomic mass is 16.5. The molecule has 6 heteroatoms. The molecule has 1 atom stereocenters. The standard InChI is InChI=1S/C19H23N3O3/c1-19(2)10-13-4-3-5-15(18(13)25-19)24-12-17(23)21-14-6-7-16-20-8-9-22(16)11-14/h3-5,8-9,14H,6-7,10-12H2,1-2H3,(H,21,23)/t14-/m1/s1. The van der Waals surface area contributed by atoms with Crippen LogP contribution in [0.3, 0.4) is 0 Å². The van der Waals surface area contributed by atoms with Gasteiger partial charge >= 0.3 is 0 Å². The highest BCUT2D eigenvalue weighted by Gasteiger charge is 2.32. The molecule has 0 spiro atoms. The minimum Gasteiger partial charge on any atom is -0.483 e. The second kappa shape index (κ2) is 6.10. The molecule has 0 saturated carbocycles. The number of nitrogens with zero attached hydrogens (tertiary/aromatic N) is 2. The van der Waals surface area contributed by atoms with Crippen molar-refractivity contribution in [3.8, 4) is 11.5 Å². The lowest BCUT2D eigenvalue weighted by Gasteiger charge is -2.24. The maximum atomic E-state index is 12.3. The first-order valence-corrected chi connectivity index (χ1v) is 8.73. The van der Waals surface area contributed by atoms with Gasteiger partial charge in [-0.1, -0.05) is 12.1 Å². The van der Waals surface area contributed by atoms with Gasteiger partial charge in [0.05, 0.1) is 0 Å². The number of nitrogens with one attached hydrogen (secondary N) is 1. The summed E-state index contributed by atoms with van der Waals surface area (Å²) in [5, 5.41) is 3.05. The predicted octanol–water partition coefficient (Wildman–Crippen LogP) is 2.11. The maximum Gasteiger partial charge on any atom is 0.258 e. The zero-order valence-electron chi connectivity index (χ0n) is 14.6. The summed E-state index contributed by atoms with van der Waals surface area (Å²) in [5.41, 5.74) is 0.900. The van der Waals surface area contributed by atoms with Crippen LogP contribution in [0.5, 0.6) is 11.5 Å². The Labute approximate surface area is 147 Å². The molecule has 0 unspecified atom stereocenters. The average Bonchev–Trinajstić information content (AvgIpc) is 3.14. The van der Waals surface area contributed by atoms with Crippen molar-refractivity contribution >= 4 is 5.91 Å². The first-order valence-electron chi connectivity index (χ1n) is 8.73. The fraction of sp³-hybridized carbons (Fsp3) is 0.474. The number of hydrogen-bond donors (Lipinski definition) is 1. The number of ether oxygens (including phenoxy) is 2. The molecule has 0 aliphatic carbocycles. The molecule has 132 valence electrons. The number of benzene rings is 1. The van der Waals surface area contributed by atoms with E-state index in [1.807, 2.05) is 24.4 Å². The van der Waals surface area contributed by atoms with E-state index in [9.17, 15) is 4.79 Å². The van der Waals surface area contributed by atoms with Crippen molar-refractivity contribution in [1.29, 1.82) is 0 Å².